The van der Waals surface area contributed by atoms with Crippen LogP contribution in [0.4, 0.5) is 0 Å². The third-order valence-corrected chi connectivity index (χ3v) is 3.79. The maximum Gasteiger partial charge on any atom is 0.326 e. The van der Waals surface area contributed by atoms with Gasteiger partial charge in [0.05, 0.1) is 19.8 Å². The van der Waals surface area contributed by atoms with Crippen molar-refractivity contribution in [3.8, 4) is 0 Å². The van der Waals surface area contributed by atoms with Crippen LogP contribution in [0.2, 0.25) is 0 Å². The minimum atomic E-state index is -0.371. The second-order valence-electron chi connectivity index (χ2n) is 5.19. The van der Waals surface area contributed by atoms with Crippen molar-refractivity contribution < 1.29 is 14.3 Å². The van der Waals surface area contributed by atoms with E-state index in [0.29, 0.717) is 45.3 Å². The van der Waals surface area contributed by atoms with Crippen molar-refractivity contribution in [1.82, 2.24) is 14.9 Å². The number of nitrogens with zero attached hydrogens (tertiary/aromatic N) is 3. The van der Waals surface area contributed by atoms with Crippen molar-refractivity contribution in [2.45, 2.75) is 12.8 Å². The first-order valence-electron chi connectivity index (χ1n) is 6.69. The molecule has 0 radical (unpaired) electrons. The fourth-order valence-electron chi connectivity index (χ4n) is 2.52. The van der Waals surface area contributed by atoms with Crippen LogP contribution in [0.1, 0.15) is 12.8 Å². The van der Waals surface area contributed by atoms with E-state index in [2.05, 4.69) is 0 Å². The third-order valence-electron chi connectivity index (χ3n) is 3.79. The molecule has 2 heterocycles. The van der Waals surface area contributed by atoms with Gasteiger partial charge in [-0.2, -0.15) is 0 Å². The lowest BCUT2D eigenvalue weighted by molar-refractivity contribution is -0.175. The molecule has 0 unspecified atom stereocenters. The molecule has 18 heavy (non-hydrogen) atoms. The standard InChI is InChI=1S/C12H19N3O3/c16-11-12(17)15(14-5-7-18-8-6-14)4-3-13(11)9-10-1-2-10/h10H,1-9H2. The fourth-order valence-corrected chi connectivity index (χ4v) is 2.52. The Bertz CT molecular complexity index is 350. The van der Waals surface area contributed by atoms with E-state index < -0.39 is 0 Å². The first-order valence-corrected chi connectivity index (χ1v) is 6.69. The van der Waals surface area contributed by atoms with Crippen molar-refractivity contribution in [1.29, 1.82) is 0 Å². The number of morpholine rings is 1. The van der Waals surface area contributed by atoms with Crippen LogP contribution in [0.3, 0.4) is 0 Å². The first kappa shape index (κ1) is 11.9. The molecule has 2 aliphatic heterocycles. The molecule has 0 aromatic carbocycles. The van der Waals surface area contributed by atoms with Gasteiger partial charge in [-0.05, 0) is 18.8 Å². The van der Waals surface area contributed by atoms with Gasteiger partial charge in [-0.1, -0.05) is 0 Å². The minimum absolute atomic E-state index is 0.334. The number of hydrogen-bond acceptors (Lipinski definition) is 4. The number of carbonyl (C=O) groups excluding carboxylic acids is 2. The summed E-state index contributed by atoms with van der Waals surface area (Å²) in [7, 11) is 0. The molecule has 0 aromatic rings. The highest BCUT2D eigenvalue weighted by molar-refractivity contribution is 6.35. The van der Waals surface area contributed by atoms with Crippen LogP contribution in [0.25, 0.3) is 0 Å². The van der Waals surface area contributed by atoms with Gasteiger partial charge in [0.25, 0.3) is 0 Å². The molecule has 2 saturated heterocycles. The monoisotopic (exact) mass is 253 g/mol. The van der Waals surface area contributed by atoms with Crippen molar-refractivity contribution in [3.63, 3.8) is 0 Å². The normalized spacial score (nSPS) is 26.9. The Morgan fingerprint density at radius 3 is 2.39 bits per heavy atom. The maximum atomic E-state index is 12.1. The second kappa shape index (κ2) is 4.85. The van der Waals surface area contributed by atoms with Gasteiger partial charge in [-0.3, -0.25) is 14.6 Å². The predicted octanol–water partition coefficient (Wildman–Crippen LogP) is -0.686. The first-order chi connectivity index (χ1) is 8.75. The van der Waals surface area contributed by atoms with Crippen molar-refractivity contribution in [2.24, 2.45) is 5.92 Å². The Morgan fingerprint density at radius 2 is 1.72 bits per heavy atom. The summed E-state index contributed by atoms with van der Waals surface area (Å²) in [4.78, 5) is 25.8. The van der Waals surface area contributed by atoms with E-state index in [4.69, 9.17) is 4.74 Å². The van der Waals surface area contributed by atoms with Crippen LogP contribution in [-0.2, 0) is 14.3 Å². The summed E-state index contributed by atoms with van der Waals surface area (Å²) >= 11 is 0. The highest BCUT2D eigenvalue weighted by Crippen LogP contribution is 2.30. The summed E-state index contributed by atoms with van der Waals surface area (Å²) in [5, 5.41) is 3.55. The zero-order valence-electron chi connectivity index (χ0n) is 10.5. The Kier molecular flexibility index (Phi) is 3.22. The number of carbonyl (C=O) groups is 2. The van der Waals surface area contributed by atoms with E-state index >= 15 is 0 Å². The summed E-state index contributed by atoms with van der Waals surface area (Å²) in [6, 6.07) is 0. The number of piperazine rings is 1. The van der Waals surface area contributed by atoms with Crippen LogP contribution in [0.5, 0.6) is 0 Å². The summed E-state index contributed by atoms with van der Waals surface area (Å²) in [5.41, 5.74) is 0. The molecule has 0 bridgehead atoms. The molecule has 0 spiro atoms. The smallest absolute Gasteiger partial charge is 0.326 e. The number of ether oxygens (including phenoxy) is 1. The van der Waals surface area contributed by atoms with Crippen LogP contribution in [0, 0.1) is 5.92 Å². The summed E-state index contributed by atoms with van der Waals surface area (Å²) in [6.45, 7) is 4.70. The van der Waals surface area contributed by atoms with E-state index in [0.717, 1.165) is 6.54 Å². The molecule has 2 amide bonds. The SMILES string of the molecule is O=C1C(=O)N(N2CCOCC2)CCN1CC1CC1. The number of hydrogen-bond donors (Lipinski definition) is 0. The van der Waals surface area contributed by atoms with E-state index in [9.17, 15) is 9.59 Å². The number of rotatable bonds is 3. The molecule has 0 aromatic heterocycles. The van der Waals surface area contributed by atoms with Gasteiger partial charge >= 0.3 is 11.8 Å². The van der Waals surface area contributed by atoms with Gasteiger partial charge < -0.3 is 9.64 Å². The summed E-state index contributed by atoms with van der Waals surface area (Å²) in [6.07, 6.45) is 2.40. The lowest BCUT2D eigenvalue weighted by atomic mass is 10.3. The average molecular weight is 253 g/mol. The largest absolute Gasteiger partial charge is 0.379 e. The van der Waals surface area contributed by atoms with Gasteiger partial charge in [0.15, 0.2) is 0 Å². The average Bonchev–Trinajstić information content (AvgIpc) is 3.20. The molecule has 3 aliphatic rings. The molecule has 6 nitrogen and oxygen atoms in total. The molecule has 1 saturated carbocycles. The van der Waals surface area contributed by atoms with E-state index in [1.54, 1.807) is 9.91 Å². The summed E-state index contributed by atoms with van der Waals surface area (Å²) in [5.74, 6) is -0.0693. The quantitative estimate of drug-likeness (QED) is 0.625. The molecule has 3 rings (SSSR count). The molecule has 100 valence electrons. The third kappa shape index (κ3) is 2.35. The van der Waals surface area contributed by atoms with Crippen LogP contribution in [-0.4, -0.2) is 72.7 Å². The van der Waals surface area contributed by atoms with Gasteiger partial charge in [0, 0.05) is 26.2 Å². The van der Waals surface area contributed by atoms with Gasteiger partial charge in [-0.15, -0.1) is 0 Å². The maximum absolute atomic E-state index is 12.1. The number of amides is 2. The number of hydrazine groups is 1. The van der Waals surface area contributed by atoms with Crippen LogP contribution >= 0.6 is 0 Å². The Hall–Kier alpha value is -1.14. The molecular formula is C12H19N3O3. The lowest BCUT2D eigenvalue weighted by Crippen LogP contribution is -2.61. The highest BCUT2D eigenvalue weighted by Gasteiger charge is 2.38. The van der Waals surface area contributed by atoms with E-state index in [1.807, 2.05) is 5.01 Å². The zero-order chi connectivity index (χ0) is 12.5. The Balaban J connectivity index is 1.61. The Morgan fingerprint density at radius 1 is 1.00 bits per heavy atom. The summed E-state index contributed by atoms with van der Waals surface area (Å²) < 4.78 is 5.26. The molecule has 0 atom stereocenters. The predicted molar refractivity (Wildman–Crippen MR) is 63.4 cm³/mol. The highest BCUT2D eigenvalue weighted by atomic mass is 16.5. The Labute approximate surface area is 106 Å². The van der Waals surface area contributed by atoms with Gasteiger partial charge in [0.1, 0.15) is 0 Å². The van der Waals surface area contributed by atoms with Crippen molar-refractivity contribution in [3.05, 3.63) is 0 Å². The second-order valence-corrected chi connectivity index (χ2v) is 5.19. The van der Waals surface area contributed by atoms with Gasteiger partial charge in [-0.25, -0.2) is 5.01 Å². The zero-order valence-corrected chi connectivity index (χ0v) is 10.5. The molecular weight excluding hydrogens is 234 g/mol. The van der Waals surface area contributed by atoms with Crippen molar-refractivity contribution in [2.75, 3.05) is 45.9 Å². The lowest BCUT2D eigenvalue weighted by Gasteiger charge is -2.41. The molecule has 1 aliphatic carbocycles. The molecule has 3 fully saturated rings. The molecule has 0 N–H and O–H groups in total. The topological polar surface area (TPSA) is 53.1 Å². The van der Waals surface area contributed by atoms with Gasteiger partial charge in [0.2, 0.25) is 0 Å². The fraction of sp³-hybridized carbons (Fsp3) is 0.833. The van der Waals surface area contributed by atoms with E-state index in [1.165, 1.54) is 12.8 Å². The van der Waals surface area contributed by atoms with Crippen LogP contribution < -0.4 is 0 Å². The molecule has 6 heteroatoms. The van der Waals surface area contributed by atoms with E-state index in [-0.39, 0.29) is 11.8 Å². The van der Waals surface area contributed by atoms with Crippen LogP contribution in [0.15, 0.2) is 0 Å². The minimum Gasteiger partial charge on any atom is -0.379 e. The van der Waals surface area contributed by atoms with Crippen molar-refractivity contribution >= 4 is 11.8 Å².